The van der Waals surface area contributed by atoms with Crippen LogP contribution in [0.25, 0.3) is 0 Å². The van der Waals surface area contributed by atoms with Gasteiger partial charge in [-0.05, 0) is 54.7 Å². The van der Waals surface area contributed by atoms with Gasteiger partial charge in [0.05, 0.1) is 0 Å². The summed E-state index contributed by atoms with van der Waals surface area (Å²) in [6.45, 7) is 0.627. The van der Waals surface area contributed by atoms with Gasteiger partial charge in [0.1, 0.15) is 5.75 Å². The zero-order valence-corrected chi connectivity index (χ0v) is 14.2. The number of halogens is 1. The monoisotopic (exact) mass is 344 g/mol. The lowest BCUT2D eigenvalue weighted by Gasteiger charge is -2.43. The fourth-order valence-corrected chi connectivity index (χ4v) is 3.16. The Hall–Kier alpha value is -2.04. The van der Waals surface area contributed by atoms with Crippen LogP contribution in [0.2, 0.25) is 5.02 Å². The number of nitrogens with two attached hydrogens (primary N) is 1. The first-order valence-electron chi connectivity index (χ1n) is 8.09. The van der Waals surface area contributed by atoms with Crippen molar-refractivity contribution in [2.45, 2.75) is 31.3 Å². The third kappa shape index (κ3) is 3.89. The summed E-state index contributed by atoms with van der Waals surface area (Å²) in [5.74, 6) is 0.178. The molecule has 0 radical (unpaired) electrons. The number of primary amides is 1. The van der Waals surface area contributed by atoms with E-state index < -0.39 is 5.91 Å². The first kappa shape index (κ1) is 16.8. The number of nitrogens with one attached hydrogen (secondary N) is 1. The Balaban J connectivity index is 1.66. The quantitative estimate of drug-likeness (QED) is 0.809. The molecular formula is C19H21ClN2O2. The average Bonchev–Trinajstić information content (AvgIpc) is 2.54. The van der Waals surface area contributed by atoms with Crippen molar-refractivity contribution in [3.8, 4) is 5.75 Å². The number of hydrogen-bond acceptors (Lipinski definition) is 3. The van der Waals surface area contributed by atoms with Crippen molar-refractivity contribution >= 4 is 17.5 Å². The van der Waals surface area contributed by atoms with Crippen LogP contribution in [0.3, 0.4) is 0 Å². The largest absolute Gasteiger partial charge is 0.484 e. The van der Waals surface area contributed by atoms with E-state index in [1.165, 1.54) is 12.0 Å². The van der Waals surface area contributed by atoms with Crippen LogP contribution in [0.15, 0.2) is 48.5 Å². The Morgan fingerprint density at radius 1 is 1.21 bits per heavy atom. The first-order valence-corrected chi connectivity index (χ1v) is 8.46. The van der Waals surface area contributed by atoms with Crippen molar-refractivity contribution in [3.63, 3.8) is 0 Å². The summed E-state index contributed by atoms with van der Waals surface area (Å²) in [4.78, 5) is 10.8. The van der Waals surface area contributed by atoms with Crippen LogP contribution in [0.1, 0.15) is 30.4 Å². The number of rotatable bonds is 7. The molecule has 2 aromatic rings. The summed E-state index contributed by atoms with van der Waals surface area (Å²) in [7, 11) is 0. The molecule has 0 atom stereocenters. The van der Waals surface area contributed by atoms with E-state index in [9.17, 15) is 4.79 Å². The number of hydrogen-bond donors (Lipinski definition) is 2. The molecule has 5 heteroatoms. The van der Waals surface area contributed by atoms with E-state index in [1.54, 1.807) is 0 Å². The lowest BCUT2D eigenvalue weighted by Crippen LogP contribution is -2.47. The Labute approximate surface area is 147 Å². The number of amides is 1. The Morgan fingerprint density at radius 2 is 1.96 bits per heavy atom. The van der Waals surface area contributed by atoms with Gasteiger partial charge in [-0.15, -0.1) is 0 Å². The summed E-state index contributed by atoms with van der Waals surface area (Å²) < 4.78 is 5.36. The normalized spacial score (nSPS) is 15.5. The highest BCUT2D eigenvalue weighted by Gasteiger charge is 2.37. The highest BCUT2D eigenvalue weighted by molar-refractivity contribution is 6.30. The molecule has 1 amide bonds. The number of carbonyl (C=O) groups is 1. The second-order valence-corrected chi connectivity index (χ2v) is 6.63. The van der Waals surface area contributed by atoms with E-state index in [-0.39, 0.29) is 12.1 Å². The van der Waals surface area contributed by atoms with Gasteiger partial charge in [0, 0.05) is 17.1 Å². The van der Waals surface area contributed by atoms with Gasteiger partial charge in [-0.2, -0.15) is 0 Å². The van der Waals surface area contributed by atoms with E-state index in [1.807, 2.05) is 36.4 Å². The van der Waals surface area contributed by atoms with Crippen LogP contribution >= 0.6 is 11.6 Å². The third-order valence-corrected chi connectivity index (χ3v) is 4.77. The van der Waals surface area contributed by atoms with Crippen molar-refractivity contribution < 1.29 is 9.53 Å². The zero-order chi connectivity index (χ0) is 17.0. The standard InChI is InChI=1S/C19H21ClN2O2/c20-16-7-5-15(6-8-16)19(9-2-10-19)22-12-14-3-1-4-17(11-14)24-13-18(21)23/h1,3-8,11,22H,2,9-10,12-13H2,(H2,21,23). The topological polar surface area (TPSA) is 64.4 Å². The molecule has 126 valence electrons. The number of carbonyl (C=O) groups excluding carboxylic acids is 1. The van der Waals surface area contributed by atoms with Crippen LogP contribution in [-0.2, 0) is 16.9 Å². The van der Waals surface area contributed by atoms with E-state index in [0.717, 1.165) is 30.0 Å². The molecule has 1 saturated carbocycles. The zero-order valence-electron chi connectivity index (χ0n) is 13.4. The maximum absolute atomic E-state index is 10.8. The lowest BCUT2D eigenvalue weighted by molar-refractivity contribution is -0.119. The molecule has 1 aliphatic rings. The third-order valence-electron chi connectivity index (χ3n) is 4.51. The molecule has 0 aliphatic heterocycles. The molecule has 0 bridgehead atoms. The van der Waals surface area contributed by atoms with Gasteiger partial charge in [0.25, 0.3) is 5.91 Å². The van der Waals surface area contributed by atoms with E-state index in [2.05, 4.69) is 17.4 Å². The van der Waals surface area contributed by atoms with Gasteiger partial charge in [-0.25, -0.2) is 0 Å². The predicted molar refractivity (Wildman–Crippen MR) is 95.0 cm³/mol. The predicted octanol–water partition coefficient (Wildman–Crippen LogP) is 3.37. The molecular weight excluding hydrogens is 324 g/mol. The van der Waals surface area contributed by atoms with Crippen LogP contribution in [0.5, 0.6) is 5.75 Å². The van der Waals surface area contributed by atoms with Gasteiger partial charge in [-0.1, -0.05) is 35.9 Å². The Bertz CT molecular complexity index is 712. The fraction of sp³-hybridized carbons (Fsp3) is 0.316. The van der Waals surface area contributed by atoms with Crippen molar-refractivity contribution in [1.29, 1.82) is 0 Å². The summed E-state index contributed by atoms with van der Waals surface area (Å²) in [5.41, 5.74) is 7.52. The van der Waals surface area contributed by atoms with Crippen molar-refractivity contribution in [1.82, 2.24) is 5.32 Å². The van der Waals surface area contributed by atoms with Crippen LogP contribution < -0.4 is 15.8 Å². The van der Waals surface area contributed by atoms with Gasteiger partial charge in [-0.3, -0.25) is 4.79 Å². The Morgan fingerprint density at radius 3 is 2.58 bits per heavy atom. The summed E-state index contributed by atoms with van der Waals surface area (Å²) in [6, 6.07) is 15.8. The van der Waals surface area contributed by atoms with E-state index in [4.69, 9.17) is 22.1 Å². The summed E-state index contributed by atoms with van der Waals surface area (Å²) >= 11 is 6.00. The van der Waals surface area contributed by atoms with Crippen molar-refractivity contribution in [2.75, 3.05) is 6.61 Å². The Kier molecular flexibility index (Phi) is 5.07. The SMILES string of the molecule is NC(=O)COc1cccc(CNC2(c3ccc(Cl)cc3)CCC2)c1. The van der Waals surface area contributed by atoms with Gasteiger partial charge in [0.2, 0.25) is 0 Å². The molecule has 4 nitrogen and oxygen atoms in total. The van der Waals surface area contributed by atoms with Crippen LogP contribution in [0.4, 0.5) is 0 Å². The maximum atomic E-state index is 10.8. The number of benzene rings is 2. The first-order chi connectivity index (χ1) is 11.6. The molecule has 0 spiro atoms. The molecule has 2 aromatic carbocycles. The lowest BCUT2D eigenvalue weighted by atomic mass is 9.71. The number of ether oxygens (including phenoxy) is 1. The van der Waals surface area contributed by atoms with Crippen LogP contribution in [0, 0.1) is 0 Å². The molecule has 1 fully saturated rings. The average molecular weight is 345 g/mol. The van der Waals surface area contributed by atoms with E-state index in [0.29, 0.717) is 5.75 Å². The smallest absolute Gasteiger partial charge is 0.255 e. The second kappa shape index (κ2) is 7.24. The highest BCUT2D eigenvalue weighted by Crippen LogP contribution is 2.41. The van der Waals surface area contributed by atoms with Crippen molar-refractivity contribution in [2.24, 2.45) is 5.73 Å². The molecule has 0 aromatic heterocycles. The van der Waals surface area contributed by atoms with Gasteiger partial charge < -0.3 is 15.8 Å². The molecule has 0 unspecified atom stereocenters. The minimum atomic E-state index is -0.477. The molecule has 3 rings (SSSR count). The van der Waals surface area contributed by atoms with Gasteiger partial charge in [0.15, 0.2) is 6.61 Å². The minimum absolute atomic E-state index is 0.0225. The maximum Gasteiger partial charge on any atom is 0.255 e. The van der Waals surface area contributed by atoms with Gasteiger partial charge >= 0.3 is 0 Å². The summed E-state index contributed by atoms with van der Waals surface area (Å²) in [5, 5.41) is 4.44. The molecule has 0 saturated heterocycles. The molecule has 3 N–H and O–H groups in total. The molecule has 24 heavy (non-hydrogen) atoms. The highest BCUT2D eigenvalue weighted by atomic mass is 35.5. The minimum Gasteiger partial charge on any atom is -0.484 e. The molecule has 1 aliphatic carbocycles. The summed E-state index contributed by atoms with van der Waals surface area (Å²) in [6.07, 6.45) is 3.45. The second-order valence-electron chi connectivity index (χ2n) is 6.20. The van der Waals surface area contributed by atoms with Crippen molar-refractivity contribution in [3.05, 3.63) is 64.7 Å². The molecule has 0 heterocycles. The van der Waals surface area contributed by atoms with E-state index >= 15 is 0 Å². The fourth-order valence-electron chi connectivity index (χ4n) is 3.04. The van der Waals surface area contributed by atoms with Crippen LogP contribution in [-0.4, -0.2) is 12.5 Å².